The molecular weight excluding hydrogens is 240 g/mol. The van der Waals surface area contributed by atoms with E-state index in [1.54, 1.807) is 33.3 Å². The molecule has 2 amide bonds. The highest BCUT2D eigenvalue weighted by Crippen LogP contribution is 2.14. The monoisotopic (exact) mass is 264 g/mol. The molecule has 0 saturated carbocycles. The zero-order valence-corrected chi connectivity index (χ0v) is 12.4. The number of amides is 2. The molecule has 0 aliphatic carbocycles. The van der Waals surface area contributed by atoms with Gasteiger partial charge < -0.3 is 23.5 Å². The SMILES string of the molecule is CCNC(=O)N(C)CCC[Si](OC)(OC)OC. The second-order valence-corrected chi connectivity index (χ2v) is 6.75. The summed E-state index contributed by atoms with van der Waals surface area (Å²) in [4.78, 5) is 13.1. The van der Waals surface area contributed by atoms with E-state index in [1.807, 2.05) is 6.92 Å². The van der Waals surface area contributed by atoms with E-state index in [4.69, 9.17) is 13.3 Å². The first-order valence-electron chi connectivity index (χ1n) is 5.69. The quantitative estimate of drug-likeness (QED) is 0.662. The molecule has 0 fully saturated rings. The van der Waals surface area contributed by atoms with E-state index in [9.17, 15) is 4.79 Å². The lowest BCUT2D eigenvalue weighted by molar-refractivity contribution is 0.122. The summed E-state index contributed by atoms with van der Waals surface area (Å²) < 4.78 is 15.9. The largest absolute Gasteiger partial charge is 0.500 e. The Balaban J connectivity index is 4.00. The number of hydrogen-bond donors (Lipinski definition) is 1. The summed E-state index contributed by atoms with van der Waals surface area (Å²) in [5, 5.41) is 2.74. The summed E-state index contributed by atoms with van der Waals surface area (Å²) in [6, 6.07) is 0.632. The fourth-order valence-electron chi connectivity index (χ4n) is 1.48. The molecule has 0 rings (SSSR count). The van der Waals surface area contributed by atoms with E-state index < -0.39 is 8.80 Å². The number of urea groups is 1. The molecule has 7 heteroatoms. The number of carbonyl (C=O) groups excluding carboxylic acids is 1. The molecule has 1 N–H and O–H groups in total. The standard InChI is InChI=1S/C10H24N2O4Si/c1-6-11-10(13)12(2)8-7-9-17(14-3,15-4)16-5/h6-9H2,1-5H3,(H,11,13). The lowest BCUT2D eigenvalue weighted by atomic mass is 10.4. The maximum absolute atomic E-state index is 11.4. The highest BCUT2D eigenvalue weighted by atomic mass is 28.4. The number of nitrogens with zero attached hydrogens (tertiary/aromatic N) is 1. The van der Waals surface area contributed by atoms with Crippen LogP contribution < -0.4 is 5.32 Å². The Kier molecular flexibility index (Phi) is 8.14. The van der Waals surface area contributed by atoms with Crippen LogP contribution in [0, 0.1) is 0 Å². The molecule has 0 radical (unpaired) electrons. The van der Waals surface area contributed by atoms with Crippen molar-refractivity contribution in [3.05, 3.63) is 0 Å². The molecule has 0 bridgehead atoms. The lowest BCUT2D eigenvalue weighted by Gasteiger charge is -2.25. The van der Waals surface area contributed by atoms with Crippen molar-refractivity contribution in [1.29, 1.82) is 0 Å². The molecule has 0 atom stereocenters. The average molecular weight is 264 g/mol. The predicted octanol–water partition coefficient (Wildman–Crippen LogP) is 0.916. The van der Waals surface area contributed by atoms with E-state index in [0.29, 0.717) is 19.1 Å². The molecule has 0 aromatic rings. The van der Waals surface area contributed by atoms with Crippen molar-refractivity contribution in [2.24, 2.45) is 0 Å². The van der Waals surface area contributed by atoms with Gasteiger partial charge in [-0.05, 0) is 13.3 Å². The topological polar surface area (TPSA) is 60.0 Å². The first-order valence-corrected chi connectivity index (χ1v) is 7.62. The van der Waals surface area contributed by atoms with E-state index in [-0.39, 0.29) is 6.03 Å². The minimum atomic E-state index is -2.50. The Morgan fingerprint density at radius 2 is 1.76 bits per heavy atom. The first kappa shape index (κ1) is 16.4. The van der Waals surface area contributed by atoms with E-state index in [1.165, 1.54) is 0 Å². The minimum absolute atomic E-state index is 0.0629. The van der Waals surface area contributed by atoms with E-state index >= 15 is 0 Å². The summed E-state index contributed by atoms with van der Waals surface area (Å²) in [5.41, 5.74) is 0. The smallest absolute Gasteiger partial charge is 0.377 e. The van der Waals surface area contributed by atoms with Gasteiger partial charge in [0.2, 0.25) is 0 Å². The van der Waals surface area contributed by atoms with Crippen LogP contribution in [0.15, 0.2) is 0 Å². The average Bonchev–Trinajstić information content (AvgIpc) is 2.35. The fraction of sp³-hybridized carbons (Fsp3) is 0.900. The summed E-state index contributed by atoms with van der Waals surface area (Å²) >= 11 is 0. The van der Waals surface area contributed by atoms with Crippen molar-refractivity contribution in [1.82, 2.24) is 10.2 Å². The molecule has 0 aliphatic rings. The molecule has 17 heavy (non-hydrogen) atoms. The predicted molar refractivity (Wildman–Crippen MR) is 67.9 cm³/mol. The molecule has 0 saturated heterocycles. The van der Waals surface area contributed by atoms with Gasteiger partial charge in [0.15, 0.2) is 0 Å². The highest BCUT2D eigenvalue weighted by molar-refractivity contribution is 6.60. The van der Waals surface area contributed by atoms with Crippen LogP contribution in [0.4, 0.5) is 4.79 Å². The van der Waals surface area contributed by atoms with Crippen molar-refractivity contribution in [3.8, 4) is 0 Å². The molecule has 0 aromatic carbocycles. The molecule has 6 nitrogen and oxygen atoms in total. The van der Waals surface area contributed by atoms with Gasteiger partial charge in [-0.2, -0.15) is 0 Å². The number of nitrogens with one attached hydrogen (secondary N) is 1. The van der Waals surface area contributed by atoms with Crippen LogP contribution in [0.2, 0.25) is 6.04 Å². The third kappa shape index (κ3) is 5.49. The summed E-state index contributed by atoms with van der Waals surface area (Å²) in [5.74, 6) is 0. The zero-order valence-electron chi connectivity index (χ0n) is 11.4. The molecule has 0 heterocycles. The second kappa shape index (κ2) is 8.46. The van der Waals surface area contributed by atoms with Gasteiger partial charge in [-0.1, -0.05) is 0 Å². The number of rotatable bonds is 8. The van der Waals surface area contributed by atoms with Gasteiger partial charge >= 0.3 is 14.8 Å². The van der Waals surface area contributed by atoms with Gasteiger partial charge in [-0.25, -0.2) is 4.79 Å². The van der Waals surface area contributed by atoms with Crippen molar-refractivity contribution >= 4 is 14.8 Å². The van der Waals surface area contributed by atoms with Crippen LogP contribution in [0.25, 0.3) is 0 Å². The van der Waals surface area contributed by atoms with Crippen LogP contribution in [-0.4, -0.2) is 61.2 Å². The summed E-state index contributed by atoms with van der Waals surface area (Å²) in [6.45, 7) is 3.18. The molecule has 0 aliphatic heterocycles. The van der Waals surface area contributed by atoms with Crippen LogP contribution in [0.5, 0.6) is 0 Å². The Hall–Kier alpha value is -0.633. The maximum atomic E-state index is 11.4. The third-order valence-corrected chi connectivity index (χ3v) is 5.42. The van der Waals surface area contributed by atoms with Crippen molar-refractivity contribution in [2.75, 3.05) is 41.5 Å². The van der Waals surface area contributed by atoms with E-state index in [0.717, 1.165) is 6.42 Å². The minimum Gasteiger partial charge on any atom is -0.377 e. The Labute approximate surface area is 105 Å². The van der Waals surface area contributed by atoms with Crippen molar-refractivity contribution in [3.63, 3.8) is 0 Å². The summed E-state index contributed by atoms with van der Waals surface area (Å²) in [6.07, 6.45) is 0.787. The van der Waals surface area contributed by atoms with Crippen LogP contribution in [0.3, 0.4) is 0 Å². The second-order valence-electron chi connectivity index (χ2n) is 3.66. The van der Waals surface area contributed by atoms with Gasteiger partial charge in [-0.15, -0.1) is 0 Å². The van der Waals surface area contributed by atoms with Crippen LogP contribution in [0.1, 0.15) is 13.3 Å². The van der Waals surface area contributed by atoms with Gasteiger partial charge in [0, 0.05) is 47.5 Å². The van der Waals surface area contributed by atoms with Gasteiger partial charge in [0.05, 0.1) is 0 Å². The summed E-state index contributed by atoms with van der Waals surface area (Å²) in [7, 11) is 4.04. The molecule has 0 spiro atoms. The number of hydrogen-bond acceptors (Lipinski definition) is 4. The van der Waals surface area contributed by atoms with Crippen LogP contribution >= 0.6 is 0 Å². The van der Waals surface area contributed by atoms with Crippen LogP contribution in [-0.2, 0) is 13.3 Å². The first-order chi connectivity index (χ1) is 8.05. The van der Waals surface area contributed by atoms with Gasteiger partial charge in [0.1, 0.15) is 0 Å². The highest BCUT2D eigenvalue weighted by Gasteiger charge is 2.37. The van der Waals surface area contributed by atoms with Gasteiger partial charge in [0.25, 0.3) is 0 Å². The van der Waals surface area contributed by atoms with Crippen molar-refractivity contribution < 1.29 is 18.1 Å². The van der Waals surface area contributed by atoms with Gasteiger partial charge in [-0.3, -0.25) is 0 Å². The Morgan fingerprint density at radius 1 is 1.24 bits per heavy atom. The fourth-order valence-corrected chi connectivity index (χ4v) is 3.18. The molecule has 102 valence electrons. The van der Waals surface area contributed by atoms with E-state index in [2.05, 4.69) is 5.32 Å². The normalized spacial score (nSPS) is 11.4. The Bertz CT molecular complexity index is 216. The third-order valence-electron chi connectivity index (χ3n) is 2.58. The zero-order chi connectivity index (χ0) is 13.3. The van der Waals surface area contributed by atoms with Crippen molar-refractivity contribution in [2.45, 2.75) is 19.4 Å². The molecule has 0 aromatic heterocycles. The molecular formula is C10H24N2O4Si. The molecule has 0 unspecified atom stereocenters. The Morgan fingerprint density at radius 3 is 2.18 bits per heavy atom. The maximum Gasteiger partial charge on any atom is 0.500 e. The number of carbonyl (C=O) groups is 1. The lowest BCUT2D eigenvalue weighted by Crippen LogP contribution is -2.44.